The summed E-state index contributed by atoms with van der Waals surface area (Å²) in [5, 5.41) is 5.08. The maximum Gasteiger partial charge on any atom is 1.00 e. The van der Waals surface area contributed by atoms with Gasteiger partial charge in [0.25, 0.3) is 0 Å². The van der Waals surface area contributed by atoms with Gasteiger partial charge in [0, 0.05) is 33.0 Å². The number of unbranched alkanes of at least 4 members (excludes halogenated alkanes) is 1. The molecule has 2 aromatic heterocycles. The van der Waals surface area contributed by atoms with Gasteiger partial charge in [-0.25, -0.2) is 16.5 Å². The molecule has 3 nitrogen and oxygen atoms in total. The quantitative estimate of drug-likeness (QED) is 0.150. The molecule has 1 aliphatic rings. The van der Waals surface area contributed by atoms with Gasteiger partial charge in [-0.2, -0.15) is 18.9 Å². The van der Waals surface area contributed by atoms with Gasteiger partial charge in [0.1, 0.15) is 5.82 Å². The van der Waals surface area contributed by atoms with Crippen LogP contribution in [0.25, 0.3) is 22.0 Å². The van der Waals surface area contributed by atoms with Gasteiger partial charge in [-0.05, 0) is 73.2 Å². The number of rotatable bonds is 9. The van der Waals surface area contributed by atoms with Crippen molar-refractivity contribution >= 4 is 45.2 Å². The summed E-state index contributed by atoms with van der Waals surface area (Å²) in [6.07, 6.45) is 11.2. The molecule has 2 aromatic carbocycles. The number of aryl methyl sites for hydroxylation is 1. The molecule has 0 fully saturated rings. The van der Waals surface area contributed by atoms with Crippen LogP contribution in [0, 0.1) is 31.6 Å². The second-order valence-corrected chi connectivity index (χ2v) is 11.1. The number of benzene rings is 2. The summed E-state index contributed by atoms with van der Waals surface area (Å²) in [7, 11) is 0. The molecule has 0 saturated carbocycles. The molecule has 6 heteroatoms. The SMILES string of the molecule is CCc1[nH]c2ccc(C3=CCCC(C)=C3c3cc(Cl)ccc3F)cc2c1Nc1cc[c-]cn1.[CH2-]CCCC(C)C[CH2-].[K+]. The molecule has 0 radical (unpaired) electrons. The third-order valence-electron chi connectivity index (χ3n) is 7.61. The number of hydrogen-bond donors (Lipinski definition) is 2. The molecule has 1 aliphatic carbocycles. The molecule has 2 N–H and O–H groups in total. The van der Waals surface area contributed by atoms with Gasteiger partial charge in [0.2, 0.25) is 0 Å². The van der Waals surface area contributed by atoms with Crippen LogP contribution in [0.5, 0.6) is 0 Å². The Bertz CT molecular complexity index is 1520. The van der Waals surface area contributed by atoms with Crippen LogP contribution in [-0.4, -0.2) is 9.97 Å². The Hall–Kier alpha value is -1.73. The summed E-state index contributed by atoms with van der Waals surface area (Å²) in [5.74, 6) is 1.31. The maximum absolute atomic E-state index is 14.9. The number of anilines is 2. The van der Waals surface area contributed by atoms with E-state index in [9.17, 15) is 4.39 Å². The summed E-state index contributed by atoms with van der Waals surface area (Å²) in [5.41, 5.74) is 7.92. The Morgan fingerprint density at radius 3 is 2.67 bits per heavy atom. The molecule has 0 amide bonds. The van der Waals surface area contributed by atoms with E-state index in [1.807, 2.05) is 12.1 Å². The molecule has 0 spiro atoms. The fourth-order valence-electron chi connectivity index (χ4n) is 5.20. The van der Waals surface area contributed by atoms with Crippen molar-refractivity contribution in [2.24, 2.45) is 5.92 Å². The van der Waals surface area contributed by atoms with Crippen molar-refractivity contribution in [2.45, 2.75) is 65.7 Å². The van der Waals surface area contributed by atoms with Crippen molar-refractivity contribution in [2.75, 3.05) is 5.32 Å². The van der Waals surface area contributed by atoms with Crippen LogP contribution in [0.15, 0.2) is 66.4 Å². The number of aromatic amines is 1. The molecular formula is C36H40ClFKN3-2. The van der Waals surface area contributed by atoms with Gasteiger partial charge in [0.05, 0.1) is 5.69 Å². The summed E-state index contributed by atoms with van der Waals surface area (Å²) in [4.78, 5) is 7.90. The Morgan fingerprint density at radius 1 is 1.17 bits per heavy atom. The van der Waals surface area contributed by atoms with Gasteiger partial charge >= 0.3 is 51.4 Å². The Morgan fingerprint density at radius 2 is 1.98 bits per heavy atom. The minimum absolute atomic E-state index is 0. The number of hydrogen-bond acceptors (Lipinski definition) is 2. The zero-order chi connectivity index (χ0) is 29.4. The Kier molecular flexibility index (Phi) is 14.0. The largest absolute Gasteiger partial charge is 1.00 e. The second-order valence-electron chi connectivity index (χ2n) is 10.7. The first-order valence-electron chi connectivity index (χ1n) is 14.5. The number of nitrogens with zero attached hydrogens (tertiary/aromatic N) is 1. The van der Waals surface area contributed by atoms with Crippen LogP contribution in [-0.2, 0) is 6.42 Å². The number of pyridine rings is 1. The first kappa shape index (κ1) is 34.8. The minimum Gasteiger partial charge on any atom is -0.357 e. The summed E-state index contributed by atoms with van der Waals surface area (Å²) in [6, 6.07) is 17.8. The Balaban J connectivity index is 0.000000475. The minimum atomic E-state index is -0.258. The van der Waals surface area contributed by atoms with E-state index >= 15 is 0 Å². The molecule has 1 atom stereocenters. The molecule has 2 heterocycles. The summed E-state index contributed by atoms with van der Waals surface area (Å²) in [6.45, 7) is 14.0. The van der Waals surface area contributed by atoms with Gasteiger partial charge in [-0.1, -0.05) is 68.1 Å². The third kappa shape index (κ3) is 8.68. The van der Waals surface area contributed by atoms with Crippen molar-refractivity contribution in [3.05, 3.63) is 114 Å². The fraction of sp³-hybridized carbons (Fsp3) is 0.306. The van der Waals surface area contributed by atoms with Gasteiger partial charge in [0.15, 0.2) is 0 Å². The average molecular weight is 608 g/mol. The molecule has 42 heavy (non-hydrogen) atoms. The van der Waals surface area contributed by atoms with Crippen LogP contribution in [0.3, 0.4) is 0 Å². The second kappa shape index (κ2) is 16.9. The first-order chi connectivity index (χ1) is 19.9. The summed E-state index contributed by atoms with van der Waals surface area (Å²) >= 11 is 6.24. The standard InChI is InChI=1S/C28H24ClFN3.C8H16.K/c1-3-24-28(33-26-9-4-5-14-31-26)22-15-18(10-13-25(22)32-24)20-8-6-7-17(2)27(20)21-16-19(29)11-12-23(21)30;1-4-6-7-8(3)5-2;/h4,8-16,32H,3,6-7H2,1-2H3,(H,31,33);8H,1-2,4-7H2,3H3;/q-1;-2;+1. The monoisotopic (exact) mass is 607 g/mol. The van der Waals surface area contributed by atoms with Crippen molar-refractivity contribution in [3.8, 4) is 0 Å². The Labute approximate surface area is 298 Å². The zero-order valence-electron chi connectivity index (χ0n) is 25.4. The molecule has 216 valence electrons. The normalized spacial score (nSPS) is 13.6. The van der Waals surface area contributed by atoms with E-state index in [0.717, 1.165) is 82.8 Å². The average Bonchev–Trinajstić information content (AvgIpc) is 3.34. The first-order valence-corrected chi connectivity index (χ1v) is 14.9. The number of nitrogens with one attached hydrogen (secondary N) is 2. The van der Waals surface area contributed by atoms with E-state index in [0.29, 0.717) is 10.6 Å². The molecule has 1 unspecified atom stereocenters. The van der Waals surface area contributed by atoms with E-state index in [1.165, 1.54) is 24.5 Å². The molecule has 0 aliphatic heterocycles. The van der Waals surface area contributed by atoms with E-state index in [2.05, 4.69) is 80.2 Å². The molecule has 5 rings (SSSR count). The predicted molar refractivity (Wildman–Crippen MR) is 174 cm³/mol. The molecule has 0 bridgehead atoms. The van der Waals surface area contributed by atoms with E-state index in [4.69, 9.17) is 11.6 Å². The number of halogens is 2. The zero-order valence-corrected chi connectivity index (χ0v) is 29.3. The third-order valence-corrected chi connectivity index (χ3v) is 7.85. The van der Waals surface area contributed by atoms with E-state index < -0.39 is 0 Å². The van der Waals surface area contributed by atoms with Crippen LogP contribution < -0.4 is 56.7 Å². The van der Waals surface area contributed by atoms with Crippen molar-refractivity contribution in [1.82, 2.24) is 9.97 Å². The molecule has 0 saturated heterocycles. The molecule has 4 aromatic rings. The smallest absolute Gasteiger partial charge is 0.357 e. The number of allylic oxidation sites excluding steroid dienone is 4. The molecular weight excluding hydrogens is 568 g/mol. The van der Waals surface area contributed by atoms with Crippen molar-refractivity contribution in [1.29, 1.82) is 0 Å². The van der Waals surface area contributed by atoms with Gasteiger partial charge in [-0.15, -0.1) is 0 Å². The van der Waals surface area contributed by atoms with Gasteiger partial charge in [-0.3, -0.25) is 4.98 Å². The van der Waals surface area contributed by atoms with Crippen LogP contribution in [0.4, 0.5) is 15.9 Å². The van der Waals surface area contributed by atoms with Crippen molar-refractivity contribution < 1.29 is 55.8 Å². The maximum atomic E-state index is 14.9. The van der Waals surface area contributed by atoms with Gasteiger partial charge < -0.3 is 24.1 Å². The summed E-state index contributed by atoms with van der Waals surface area (Å²) < 4.78 is 14.9. The van der Waals surface area contributed by atoms with Crippen LogP contribution in [0.2, 0.25) is 5.02 Å². The number of fused-ring (bicyclic) bond motifs is 1. The van der Waals surface area contributed by atoms with Crippen molar-refractivity contribution in [3.63, 3.8) is 0 Å². The predicted octanol–water partition coefficient (Wildman–Crippen LogP) is 7.97. The van der Waals surface area contributed by atoms with Crippen LogP contribution in [0.1, 0.15) is 76.1 Å². The topological polar surface area (TPSA) is 40.7 Å². The number of aromatic nitrogens is 2. The van der Waals surface area contributed by atoms with E-state index in [-0.39, 0.29) is 57.2 Å². The number of H-pyrrole nitrogens is 1. The van der Waals surface area contributed by atoms with Crippen LogP contribution >= 0.6 is 11.6 Å². The van der Waals surface area contributed by atoms with E-state index in [1.54, 1.807) is 18.3 Å². The fourth-order valence-corrected chi connectivity index (χ4v) is 5.37.